The highest BCUT2D eigenvalue weighted by atomic mass is 32.2. The van der Waals surface area contributed by atoms with Gasteiger partial charge in [-0.2, -0.15) is 0 Å². The van der Waals surface area contributed by atoms with E-state index >= 15 is 0 Å². The SMILES string of the molecule is CCCOc1cnc(Sc2cc(C)c(-c3csc(NC(=O)c4ccccc4)n3)c(C)c2)cn1.Cc1cnc(Sc2cc(C)c(-c3csc(NC(=O)c4ccccc4)n3)c(C)c2)cn1. The average molecular weight is 909 g/mol. The van der Waals surface area contributed by atoms with Crippen molar-refractivity contribution in [3.63, 3.8) is 0 Å². The zero-order chi connectivity index (χ0) is 44.3. The molecule has 0 unspecified atom stereocenters. The fourth-order valence-electron chi connectivity index (χ4n) is 6.50. The lowest BCUT2D eigenvalue weighted by Gasteiger charge is -2.11. The van der Waals surface area contributed by atoms with Crippen LogP contribution in [0.1, 0.15) is 62.0 Å². The van der Waals surface area contributed by atoms with Crippen molar-refractivity contribution in [3.05, 3.63) is 160 Å². The van der Waals surface area contributed by atoms with E-state index in [9.17, 15) is 9.59 Å². The number of aryl methyl sites for hydroxylation is 5. The first-order valence-corrected chi connectivity index (χ1v) is 23.4. The summed E-state index contributed by atoms with van der Waals surface area (Å²) < 4.78 is 5.50. The Kier molecular flexibility index (Phi) is 15.1. The normalized spacial score (nSPS) is 10.8. The van der Waals surface area contributed by atoms with E-state index in [1.807, 2.05) is 54.1 Å². The quantitative estimate of drug-likeness (QED) is 0.114. The Morgan fingerprint density at radius 1 is 0.587 bits per heavy atom. The summed E-state index contributed by atoms with van der Waals surface area (Å²) in [6.45, 7) is 12.9. The van der Waals surface area contributed by atoms with Gasteiger partial charge >= 0.3 is 0 Å². The van der Waals surface area contributed by atoms with E-state index in [1.165, 1.54) is 22.7 Å². The molecule has 0 aliphatic rings. The fraction of sp³-hybridized carbons (Fsp3) is 0.167. The number of carbonyl (C=O) groups excluding carboxylic acids is 2. The number of hydrogen-bond acceptors (Lipinski definition) is 13. The van der Waals surface area contributed by atoms with Crippen LogP contribution < -0.4 is 15.4 Å². The van der Waals surface area contributed by atoms with Gasteiger partial charge in [0.25, 0.3) is 11.8 Å². The second-order valence-electron chi connectivity index (χ2n) is 14.3. The molecule has 0 fully saturated rings. The summed E-state index contributed by atoms with van der Waals surface area (Å²) in [5, 5.41) is 12.6. The third kappa shape index (κ3) is 12.0. The van der Waals surface area contributed by atoms with Crippen LogP contribution in [-0.4, -0.2) is 48.3 Å². The van der Waals surface area contributed by atoms with E-state index in [2.05, 4.69) is 99.4 Å². The molecule has 0 saturated heterocycles. The molecule has 15 heteroatoms. The summed E-state index contributed by atoms with van der Waals surface area (Å²) in [5.41, 5.74) is 10.5. The molecule has 4 aromatic carbocycles. The van der Waals surface area contributed by atoms with Gasteiger partial charge in [-0.3, -0.25) is 25.2 Å². The molecule has 8 rings (SSSR count). The molecule has 2 N–H and O–H groups in total. The summed E-state index contributed by atoms with van der Waals surface area (Å²) >= 11 is 6.00. The van der Waals surface area contributed by atoms with Crippen LogP contribution in [0.15, 0.2) is 140 Å². The Morgan fingerprint density at radius 3 is 1.43 bits per heavy atom. The van der Waals surface area contributed by atoms with Crippen molar-refractivity contribution in [2.24, 2.45) is 0 Å². The summed E-state index contributed by atoms with van der Waals surface area (Å²) in [6.07, 6.45) is 7.89. The smallest absolute Gasteiger partial charge is 0.257 e. The van der Waals surface area contributed by atoms with E-state index in [0.29, 0.717) is 33.9 Å². The predicted molar refractivity (Wildman–Crippen MR) is 256 cm³/mol. The molecule has 2 amide bonds. The maximum atomic E-state index is 12.4. The van der Waals surface area contributed by atoms with Gasteiger partial charge in [-0.25, -0.2) is 24.9 Å². The van der Waals surface area contributed by atoms with Crippen LogP contribution in [-0.2, 0) is 0 Å². The molecule has 11 nitrogen and oxygen atoms in total. The fourth-order valence-corrected chi connectivity index (χ4v) is 9.74. The van der Waals surface area contributed by atoms with Gasteiger partial charge in [0, 0.05) is 49.0 Å². The minimum atomic E-state index is -0.163. The molecule has 0 aliphatic carbocycles. The molecule has 0 bridgehead atoms. The van der Waals surface area contributed by atoms with Gasteiger partial charge in [-0.15, -0.1) is 22.7 Å². The third-order valence-electron chi connectivity index (χ3n) is 9.31. The van der Waals surface area contributed by atoms with Crippen molar-refractivity contribution in [1.82, 2.24) is 29.9 Å². The highest BCUT2D eigenvalue weighted by Gasteiger charge is 2.16. The van der Waals surface area contributed by atoms with Crippen molar-refractivity contribution >= 4 is 68.3 Å². The van der Waals surface area contributed by atoms with E-state index in [-0.39, 0.29) is 11.8 Å². The molecule has 8 aromatic rings. The number of nitrogens with zero attached hydrogens (tertiary/aromatic N) is 6. The number of nitrogens with one attached hydrogen (secondary N) is 2. The maximum absolute atomic E-state index is 12.4. The van der Waals surface area contributed by atoms with Crippen LogP contribution in [0.4, 0.5) is 10.3 Å². The first-order valence-electron chi connectivity index (χ1n) is 20.0. The largest absolute Gasteiger partial charge is 0.477 e. The predicted octanol–water partition coefficient (Wildman–Crippen LogP) is 12.3. The lowest BCUT2D eigenvalue weighted by atomic mass is 10.0. The standard InChI is InChI=1S/C25H24N4O2S2.C23H20N4OS2/c1-4-10-31-21-13-27-22(14-26-21)33-19-11-16(2)23(17(3)12-19)20-15-32-25(28-20)29-24(30)18-8-6-5-7-9-18;1-14-9-18(30-20-12-24-16(3)11-25-20)10-15(2)21(14)19-13-29-23(26-19)27-22(28)17-7-5-4-6-8-17/h5-9,11-15H,4,10H2,1-3H3,(H,28,29,30);4-13H,1-3H3,(H,26,27,28). The highest BCUT2D eigenvalue weighted by Crippen LogP contribution is 2.37. The van der Waals surface area contributed by atoms with Gasteiger partial charge in [0.15, 0.2) is 10.3 Å². The number of thiazole rings is 2. The van der Waals surface area contributed by atoms with E-state index < -0.39 is 0 Å². The lowest BCUT2D eigenvalue weighted by Crippen LogP contribution is -2.11. The van der Waals surface area contributed by atoms with Crippen molar-refractivity contribution < 1.29 is 14.3 Å². The van der Waals surface area contributed by atoms with Crippen LogP contribution in [0.5, 0.6) is 5.88 Å². The number of rotatable bonds is 13. The third-order valence-corrected chi connectivity index (χ3v) is 12.6. The van der Waals surface area contributed by atoms with Gasteiger partial charge in [-0.1, -0.05) is 66.8 Å². The first kappa shape index (κ1) is 44.8. The number of ether oxygens (including phenoxy) is 1. The summed E-state index contributed by atoms with van der Waals surface area (Å²) in [6, 6.07) is 26.8. The maximum Gasteiger partial charge on any atom is 0.257 e. The Morgan fingerprint density at radius 2 is 1.03 bits per heavy atom. The topological polar surface area (TPSA) is 145 Å². The van der Waals surface area contributed by atoms with E-state index in [4.69, 9.17) is 4.74 Å². The van der Waals surface area contributed by atoms with Crippen LogP contribution in [0, 0.1) is 34.6 Å². The Bertz CT molecular complexity index is 2770. The number of hydrogen-bond donors (Lipinski definition) is 2. The minimum absolute atomic E-state index is 0.157. The number of amides is 2. The number of anilines is 2. The Balaban J connectivity index is 0.000000190. The monoisotopic (exact) mass is 908 g/mol. The van der Waals surface area contributed by atoms with Gasteiger partial charge in [-0.05, 0) is 112 Å². The Hall–Kier alpha value is -6.26. The van der Waals surface area contributed by atoms with Crippen molar-refractivity contribution in [1.29, 1.82) is 0 Å². The molecule has 0 spiro atoms. The van der Waals surface area contributed by atoms with Crippen LogP contribution in [0.3, 0.4) is 0 Å². The molecule has 4 heterocycles. The number of carbonyl (C=O) groups is 2. The molecule has 0 atom stereocenters. The molecule has 0 radical (unpaired) electrons. The zero-order valence-corrected chi connectivity index (χ0v) is 38.8. The van der Waals surface area contributed by atoms with E-state index in [1.54, 1.807) is 72.6 Å². The molecule has 0 saturated carbocycles. The number of aromatic nitrogens is 6. The zero-order valence-electron chi connectivity index (χ0n) is 35.5. The second-order valence-corrected chi connectivity index (χ2v) is 18.2. The van der Waals surface area contributed by atoms with Crippen molar-refractivity contribution in [2.45, 2.75) is 67.8 Å². The number of benzene rings is 4. The minimum Gasteiger partial charge on any atom is -0.477 e. The average Bonchev–Trinajstić information content (AvgIpc) is 3.94. The second kappa shape index (κ2) is 21.2. The summed E-state index contributed by atoms with van der Waals surface area (Å²) in [7, 11) is 0. The van der Waals surface area contributed by atoms with Crippen LogP contribution in [0.2, 0.25) is 0 Å². The molecule has 4 aromatic heterocycles. The van der Waals surface area contributed by atoms with Gasteiger partial charge in [0.2, 0.25) is 5.88 Å². The van der Waals surface area contributed by atoms with Gasteiger partial charge < -0.3 is 4.74 Å². The molecule has 318 valence electrons. The van der Waals surface area contributed by atoms with Crippen molar-refractivity contribution in [2.75, 3.05) is 17.2 Å². The summed E-state index contributed by atoms with van der Waals surface area (Å²) in [4.78, 5) is 53.8. The van der Waals surface area contributed by atoms with Crippen LogP contribution in [0.25, 0.3) is 22.5 Å². The van der Waals surface area contributed by atoms with Crippen molar-refractivity contribution in [3.8, 4) is 28.4 Å². The highest BCUT2D eigenvalue weighted by molar-refractivity contribution is 7.99. The van der Waals surface area contributed by atoms with Gasteiger partial charge in [0.05, 0.1) is 42.3 Å². The molecule has 0 aliphatic heterocycles. The molecule has 63 heavy (non-hydrogen) atoms. The molecular formula is C48H44N8O3S4. The Labute approximate surface area is 383 Å². The lowest BCUT2D eigenvalue weighted by molar-refractivity contribution is 0.101. The first-order chi connectivity index (χ1) is 30.5. The molecular weight excluding hydrogens is 865 g/mol. The van der Waals surface area contributed by atoms with Crippen LogP contribution >= 0.6 is 46.2 Å². The van der Waals surface area contributed by atoms with E-state index in [0.717, 1.165) is 76.7 Å². The summed E-state index contributed by atoms with van der Waals surface area (Å²) in [5.74, 6) is 0.224. The van der Waals surface area contributed by atoms with Gasteiger partial charge in [0.1, 0.15) is 10.1 Å².